The van der Waals surface area contributed by atoms with Gasteiger partial charge in [0.25, 0.3) is 0 Å². The van der Waals surface area contributed by atoms with E-state index < -0.39 is 0 Å². The minimum Gasteiger partial charge on any atom is -0.324 e. The molecule has 2 unspecified atom stereocenters. The van der Waals surface area contributed by atoms with E-state index in [0.717, 1.165) is 25.8 Å². The largest absolute Gasteiger partial charge is 0.324 e. The van der Waals surface area contributed by atoms with Gasteiger partial charge in [0, 0.05) is 15.0 Å². The highest BCUT2D eigenvalue weighted by Gasteiger charge is 2.30. The Morgan fingerprint density at radius 1 is 1.13 bits per heavy atom. The molecular weight excluding hydrogens is 422 g/mol. The fourth-order valence-corrected chi connectivity index (χ4v) is 3.44. The summed E-state index contributed by atoms with van der Waals surface area (Å²) in [7, 11) is 0. The van der Waals surface area contributed by atoms with E-state index in [-0.39, 0.29) is 18.0 Å². The summed E-state index contributed by atoms with van der Waals surface area (Å²) in [4.78, 5) is 12.4. The molecule has 0 spiro atoms. The van der Waals surface area contributed by atoms with Gasteiger partial charge in [-0.2, -0.15) is 0 Å². The lowest BCUT2D eigenvalue weighted by Gasteiger charge is -2.12. The average molecular weight is 439 g/mol. The quantitative estimate of drug-likeness (QED) is 0.677. The van der Waals surface area contributed by atoms with Gasteiger partial charge in [-0.1, -0.05) is 34.1 Å². The van der Waals surface area contributed by atoms with E-state index in [9.17, 15) is 4.79 Å². The molecule has 1 fully saturated rings. The number of carbonyl (C=O) groups excluding carboxylic acids is 1. The first-order valence-electron chi connectivity index (χ1n) is 7.36. The van der Waals surface area contributed by atoms with Crippen molar-refractivity contribution in [3.8, 4) is 0 Å². The highest BCUT2D eigenvalue weighted by Crippen LogP contribution is 2.26. The van der Waals surface area contributed by atoms with Crippen LogP contribution in [0.25, 0.3) is 0 Å². The third kappa shape index (κ3) is 4.01. The third-order valence-corrected chi connectivity index (χ3v) is 5.06. The van der Waals surface area contributed by atoms with Gasteiger partial charge in [0.1, 0.15) is 6.04 Å². The molecule has 2 aromatic rings. The summed E-state index contributed by atoms with van der Waals surface area (Å²) in [6.45, 7) is 2.02. The van der Waals surface area contributed by atoms with Gasteiger partial charge in [-0.3, -0.25) is 4.79 Å². The van der Waals surface area contributed by atoms with Crippen LogP contribution in [0.15, 0.2) is 51.4 Å². The zero-order valence-corrected chi connectivity index (χ0v) is 15.7. The molecule has 6 heteroatoms. The predicted molar refractivity (Wildman–Crippen MR) is 99.1 cm³/mol. The second-order valence-corrected chi connectivity index (χ2v) is 7.42. The number of carbonyl (C=O) groups is 1. The molecule has 0 saturated carbocycles. The first-order chi connectivity index (χ1) is 11.0. The fraction of sp³-hybridized carbons (Fsp3) is 0.235. The van der Waals surface area contributed by atoms with Crippen LogP contribution in [0.1, 0.15) is 23.6 Å². The molecule has 120 valence electrons. The standard InChI is InChI=1S/C17H17Br2N3O/c1-10-2-7-14(13(19)8-10)20-17(23)16-9-15(21-22-16)11-3-5-12(18)6-4-11/h2-8,15-16,21-22H,9H2,1H3,(H,20,23). The van der Waals surface area contributed by atoms with E-state index in [0.29, 0.717) is 6.42 Å². The predicted octanol–water partition coefficient (Wildman–Crippen LogP) is 4.07. The van der Waals surface area contributed by atoms with Crippen LogP contribution >= 0.6 is 31.9 Å². The number of hydrazine groups is 1. The van der Waals surface area contributed by atoms with Crippen LogP contribution in [-0.4, -0.2) is 11.9 Å². The minimum atomic E-state index is -0.267. The number of aryl methyl sites for hydroxylation is 1. The van der Waals surface area contributed by atoms with Crippen molar-refractivity contribution in [3.63, 3.8) is 0 Å². The number of nitrogens with one attached hydrogen (secondary N) is 3. The molecule has 0 aromatic heterocycles. The van der Waals surface area contributed by atoms with Gasteiger partial charge in [-0.15, -0.1) is 0 Å². The summed E-state index contributed by atoms with van der Waals surface area (Å²) in [6, 6.07) is 13.9. The Morgan fingerprint density at radius 3 is 2.57 bits per heavy atom. The van der Waals surface area contributed by atoms with Crippen LogP contribution < -0.4 is 16.2 Å². The van der Waals surface area contributed by atoms with Crippen LogP contribution in [0.2, 0.25) is 0 Å². The van der Waals surface area contributed by atoms with Crippen LogP contribution in [-0.2, 0) is 4.79 Å². The van der Waals surface area contributed by atoms with Crippen molar-refractivity contribution in [1.29, 1.82) is 0 Å². The van der Waals surface area contributed by atoms with E-state index in [1.54, 1.807) is 0 Å². The second-order valence-electron chi connectivity index (χ2n) is 5.65. The van der Waals surface area contributed by atoms with E-state index in [1.807, 2.05) is 37.3 Å². The molecule has 1 amide bonds. The van der Waals surface area contributed by atoms with Crippen molar-refractivity contribution in [2.45, 2.75) is 25.4 Å². The molecule has 4 nitrogen and oxygen atoms in total. The molecule has 0 aliphatic carbocycles. The van der Waals surface area contributed by atoms with E-state index in [2.05, 4.69) is 60.2 Å². The van der Waals surface area contributed by atoms with Crippen molar-refractivity contribution < 1.29 is 4.79 Å². The highest BCUT2D eigenvalue weighted by molar-refractivity contribution is 9.10. The lowest BCUT2D eigenvalue weighted by Crippen LogP contribution is -2.39. The number of benzene rings is 2. The lowest BCUT2D eigenvalue weighted by molar-refractivity contribution is -0.117. The molecule has 3 N–H and O–H groups in total. The molecule has 0 bridgehead atoms. The number of halogens is 2. The second kappa shape index (κ2) is 7.13. The van der Waals surface area contributed by atoms with E-state index in [4.69, 9.17) is 0 Å². The molecule has 3 rings (SSSR count). The Hall–Kier alpha value is -1.21. The number of rotatable bonds is 3. The first kappa shape index (κ1) is 16.6. The molecule has 1 heterocycles. The topological polar surface area (TPSA) is 53.2 Å². The first-order valence-corrected chi connectivity index (χ1v) is 8.95. The SMILES string of the molecule is Cc1ccc(NC(=O)C2CC(c3ccc(Br)cc3)NN2)c(Br)c1. The molecule has 2 atom stereocenters. The number of anilines is 1. The monoisotopic (exact) mass is 437 g/mol. The van der Waals surface area contributed by atoms with E-state index >= 15 is 0 Å². The number of amides is 1. The fourth-order valence-electron chi connectivity index (χ4n) is 2.58. The summed E-state index contributed by atoms with van der Waals surface area (Å²) in [6.07, 6.45) is 0.705. The maximum absolute atomic E-state index is 12.4. The van der Waals surface area contributed by atoms with Crippen molar-refractivity contribution in [3.05, 3.63) is 62.5 Å². The van der Waals surface area contributed by atoms with Gasteiger partial charge in [-0.05, 0) is 64.7 Å². The minimum absolute atomic E-state index is 0.0401. The molecule has 1 aliphatic rings. The highest BCUT2D eigenvalue weighted by atomic mass is 79.9. The van der Waals surface area contributed by atoms with Crippen molar-refractivity contribution >= 4 is 43.5 Å². The Morgan fingerprint density at radius 2 is 1.87 bits per heavy atom. The molecule has 1 aliphatic heterocycles. The normalized spacial score (nSPS) is 20.5. The van der Waals surface area contributed by atoms with Gasteiger partial charge in [0.2, 0.25) is 5.91 Å². The average Bonchev–Trinajstić information content (AvgIpc) is 3.01. The zero-order valence-electron chi connectivity index (χ0n) is 12.6. The van der Waals surface area contributed by atoms with Crippen molar-refractivity contribution in [2.75, 3.05) is 5.32 Å². The van der Waals surface area contributed by atoms with Gasteiger partial charge in [0.15, 0.2) is 0 Å². The molecule has 0 radical (unpaired) electrons. The van der Waals surface area contributed by atoms with Crippen molar-refractivity contribution in [1.82, 2.24) is 10.9 Å². The smallest absolute Gasteiger partial charge is 0.242 e. The number of hydrogen-bond acceptors (Lipinski definition) is 3. The van der Waals surface area contributed by atoms with Gasteiger partial charge >= 0.3 is 0 Å². The summed E-state index contributed by atoms with van der Waals surface area (Å²) in [5, 5.41) is 2.96. The molecule has 1 saturated heterocycles. The third-order valence-electron chi connectivity index (χ3n) is 3.87. The van der Waals surface area contributed by atoms with Gasteiger partial charge < -0.3 is 5.32 Å². The Balaban J connectivity index is 1.64. The summed E-state index contributed by atoms with van der Waals surface area (Å²) < 4.78 is 1.94. The Kier molecular flexibility index (Phi) is 5.16. The van der Waals surface area contributed by atoms with Crippen molar-refractivity contribution in [2.24, 2.45) is 0 Å². The van der Waals surface area contributed by atoms with Gasteiger partial charge in [-0.25, -0.2) is 10.9 Å². The molecule has 2 aromatic carbocycles. The Labute approximate surface area is 152 Å². The van der Waals surface area contributed by atoms with E-state index in [1.165, 1.54) is 0 Å². The zero-order chi connectivity index (χ0) is 16.4. The van der Waals surface area contributed by atoms with Crippen LogP contribution in [0.3, 0.4) is 0 Å². The maximum atomic E-state index is 12.4. The number of hydrogen-bond donors (Lipinski definition) is 3. The molecular formula is C17H17Br2N3O. The van der Waals surface area contributed by atoms with Crippen LogP contribution in [0, 0.1) is 6.92 Å². The van der Waals surface area contributed by atoms with Crippen LogP contribution in [0.5, 0.6) is 0 Å². The van der Waals surface area contributed by atoms with Crippen LogP contribution in [0.4, 0.5) is 5.69 Å². The lowest BCUT2D eigenvalue weighted by atomic mass is 10.0. The maximum Gasteiger partial charge on any atom is 0.242 e. The summed E-state index contributed by atoms with van der Waals surface area (Å²) in [5.41, 5.74) is 9.37. The Bertz CT molecular complexity index is 718. The summed E-state index contributed by atoms with van der Waals surface area (Å²) in [5.74, 6) is -0.0401. The van der Waals surface area contributed by atoms with Gasteiger partial charge in [0.05, 0.1) is 5.69 Å². The molecule has 23 heavy (non-hydrogen) atoms. The summed E-state index contributed by atoms with van der Waals surface area (Å²) >= 11 is 6.92.